The minimum Gasteiger partial charge on any atom is -0.549 e. The number of carbonyl (C=O) groups excluding carboxylic acids is 3. The van der Waals surface area contributed by atoms with Crippen molar-refractivity contribution >= 4 is 17.9 Å². The molecule has 0 amide bonds. The fraction of sp³-hybridized carbons (Fsp3) is 0.727. The molecule has 0 rings (SSSR count). The fourth-order valence-corrected chi connectivity index (χ4v) is 1.33. The van der Waals surface area contributed by atoms with E-state index in [9.17, 15) is 29.7 Å². The Balaban J connectivity index is -0.000000602. The zero-order chi connectivity index (χ0) is 15.5. The van der Waals surface area contributed by atoms with E-state index in [-0.39, 0.29) is 108 Å². The van der Waals surface area contributed by atoms with E-state index in [0.29, 0.717) is 0 Å². The molecule has 116 valence electrons. The molecule has 0 spiro atoms. The van der Waals surface area contributed by atoms with Crippen LogP contribution in [0.15, 0.2) is 0 Å². The zero-order valence-corrected chi connectivity index (χ0v) is 20.0. The molecule has 9 nitrogen and oxygen atoms in total. The first-order valence-corrected chi connectivity index (χ1v) is 5.82. The number of nitrogens with zero attached hydrogens (tertiary/aromatic N) is 1. The summed E-state index contributed by atoms with van der Waals surface area (Å²) in [5.41, 5.74) is 0. The Morgan fingerprint density at radius 2 is 1.30 bits per heavy atom. The van der Waals surface area contributed by atoms with Gasteiger partial charge in [0.1, 0.15) is 0 Å². The van der Waals surface area contributed by atoms with Gasteiger partial charge < -0.3 is 39.2 Å². The van der Waals surface area contributed by atoms with Crippen molar-refractivity contribution in [2.45, 2.75) is 13.0 Å². The summed E-state index contributed by atoms with van der Waals surface area (Å²) >= 11 is 0. The van der Waals surface area contributed by atoms with Gasteiger partial charge in [0, 0.05) is 19.1 Å². The van der Waals surface area contributed by atoms with Crippen molar-refractivity contribution < 1.29 is 128 Å². The maximum absolute atomic E-state index is 10.5. The Hall–Kier alpha value is 1.29. The molecule has 0 heterocycles. The van der Waals surface area contributed by atoms with Crippen molar-refractivity contribution in [2.75, 3.05) is 39.5 Å². The largest absolute Gasteiger partial charge is 1.00 e. The van der Waals surface area contributed by atoms with Crippen LogP contribution in [0.1, 0.15) is 6.92 Å². The number of carboxylic acids is 3. The summed E-state index contributed by atoms with van der Waals surface area (Å²) in [6.07, 6.45) is 0. The van der Waals surface area contributed by atoms with E-state index in [1.165, 1.54) is 0 Å². The molecule has 0 bridgehead atoms. The van der Waals surface area contributed by atoms with Gasteiger partial charge in [0.15, 0.2) is 0 Å². The van der Waals surface area contributed by atoms with Crippen LogP contribution < -0.4 is 104 Å². The van der Waals surface area contributed by atoms with Crippen molar-refractivity contribution in [2.24, 2.45) is 0 Å². The summed E-state index contributed by atoms with van der Waals surface area (Å²) in [4.78, 5) is 32.1. The number of rotatable bonds is 12. The van der Waals surface area contributed by atoms with Crippen LogP contribution in [-0.4, -0.2) is 68.4 Å². The molecular weight excluding hydrogens is 343 g/mol. The van der Waals surface area contributed by atoms with Gasteiger partial charge in [-0.1, -0.05) is 0 Å². The Morgan fingerprint density at radius 1 is 0.870 bits per heavy atom. The first-order valence-electron chi connectivity index (χ1n) is 5.82. The molecule has 0 radical (unpaired) electrons. The normalized spacial score (nSPS) is 10.7. The number of hydrogen-bond acceptors (Lipinski definition) is 9. The predicted octanol–water partition coefficient (Wildman–Crippen LogP) is -14.0. The molecule has 0 N–H and O–H groups in total. The molecule has 0 aromatic rings. The molecule has 0 fully saturated rings. The molecule has 23 heavy (non-hydrogen) atoms. The number of hydrogen-bond donors (Lipinski definition) is 0. The summed E-state index contributed by atoms with van der Waals surface area (Å²) in [7, 11) is 0. The van der Waals surface area contributed by atoms with Gasteiger partial charge in [-0.15, -0.1) is 0 Å². The summed E-state index contributed by atoms with van der Waals surface area (Å²) in [6, 6.07) is -0.494. The Bertz CT molecular complexity index is 329. The Labute approximate surface area is 200 Å². The summed E-state index contributed by atoms with van der Waals surface area (Å²) in [5, 5.41) is 31.0. The van der Waals surface area contributed by atoms with Crippen molar-refractivity contribution in [3.63, 3.8) is 0 Å². The summed E-state index contributed by atoms with van der Waals surface area (Å²) < 4.78 is 9.77. The van der Waals surface area contributed by atoms with Gasteiger partial charge in [-0.05, 0) is 6.92 Å². The first kappa shape index (κ1) is 32.0. The van der Waals surface area contributed by atoms with E-state index in [0.717, 1.165) is 4.90 Å². The molecule has 0 aliphatic heterocycles. The second kappa shape index (κ2) is 19.6. The third-order valence-electron chi connectivity index (χ3n) is 2.24. The van der Waals surface area contributed by atoms with E-state index in [1.807, 2.05) is 0 Å². The summed E-state index contributed by atoms with van der Waals surface area (Å²) in [6.45, 7) is 0.0900. The molecule has 12 heteroatoms. The molecule has 0 saturated heterocycles. The SMILES string of the molecule is CC(COCCOCC(=O)[O-])N(CC(=O)[O-])CC(=O)[O-].[Na+].[Na+].[Na+]. The van der Waals surface area contributed by atoms with Crippen LogP contribution in [-0.2, 0) is 23.9 Å². The monoisotopic (exact) mass is 359 g/mol. The van der Waals surface area contributed by atoms with Gasteiger partial charge in [0.05, 0.1) is 44.3 Å². The molecule has 1 unspecified atom stereocenters. The van der Waals surface area contributed by atoms with Gasteiger partial charge in [-0.3, -0.25) is 4.90 Å². The minimum absolute atomic E-state index is 0. The van der Waals surface area contributed by atoms with E-state index in [4.69, 9.17) is 4.74 Å². The number of carbonyl (C=O) groups is 3. The van der Waals surface area contributed by atoms with Gasteiger partial charge in [-0.25, -0.2) is 0 Å². The summed E-state index contributed by atoms with van der Waals surface area (Å²) in [5.74, 6) is -4.15. The molecule has 0 aliphatic rings. The van der Waals surface area contributed by atoms with Gasteiger partial charge in [0.25, 0.3) is 0 Å². The van der Waals surface area contributed by atoms with E-state index in [2.05, 4.69) is 4.74 Å². The smallest absolute Gasteiger partial charge is 0.549 e. The van der Waals surface area contributed by atoms with Crippen LogP contribution in [0.2, 0.25) is 0 Å². The first-order chi connectivity index (χ1) is 9.32. The number of carboxylic acid groups (broad SMARTS) is 3. The maximum atomic E-state index is 10.5. The van der Waals surface area contributed by atoms with Crippen molar-refractivity contribution in [1.29, 1.82) is 0 Å². The van der Waals surface area contributed by atoms with Gasteiger partial charge >= 0.3 is 88.7 Å². The number of ether oxygens (including phenoxy) is 2. The quantitative estimate of drug-likeness (QED) is 0.245. The van der Waals surface area contributed by atoms with Crippen LogP contribution >= 0.6 is 0 Å². The molecule has 0 aromatic heterocycles. The minimum atomic E-state index is -1.41. The molecule has 0 aromatic carbocycles. The van der Waals surface area contributed by atoms with Crippen molar-refractivity contribution in [3.8, 4) is 0 Å². The third kappa shape index (κ3) is 21.2. The van der Waals surface area contributed by atoms with Crippen LogP contribution in [0.25, 0.3) is 0 Å². The average Bonchev–Trinajstić information content (AvgIpc) is 2.30. The molecular formula is C11H16NNa3O8. The van der Waals surface area contributed by atoms with Gasteiger partial charge in [-0.2, -0.15) is 0 Å². The standard InChI is InChI=1S/C11H19NO8.3Na/c1-8(6-19-2-3-20-7-11(17)18)12(4-9(13)14)5-10(15)16;;;/h8H,2-7H2,1H3,(H,13,14)(H,15,16)(H,17,18);;;/q;3*+1/p-3. The second-order valence-corrected chi connectivity index (χ2v) is 4.00. The van der Waals surface area contributed by atoms with Crippen LogP contribution in [0.5, 0.6) is 0 Å². The van der Waals surface area contributed by atoms with Gasteiger partial charge in [0.2, 0.25) is 0 Å². The Morgan fingerprint density at radius 3 is 1.70 bits per heavy atom. The van der Waals surface area contributed by atoms with E-state index < -0.39 is 43.6 Å². The Kier molecular flexibility index (Phi) is 27.3. The second-order valence-electron chi connectivity index (χ2n) is 4.00. The fourth-order valence-electron chi connectivity index (χ4n) is 1.33. The van der Waals surface area contributed by atoms with Crippen molar-refractivity contribution in [3.05, 3.63) is 0 Å². The van der Waals surface area contributed by atoms with E-state index in [1.54, 1.807) is 6.92 Å². The van der Waals surface area contributed by atoms with Crippen molar-refractivity contribution in [1.82, 2.24) is 4.90 Å². The molecule has 1 atom stereocenters. The van der Waals surface area contributed by atoms with Crippen LogP contribution in [0.4, 0.5) is 0 Å². The topological polar surface area (TPSA) is 142 Å². The molecule has 0 saturated carbocycles. The van der Waals surface area contributed by atoms with Crippen LogP contribution in [0.3, 0.4) is 0 Å². The number of aliphatic carboxylic acids is 3. The zero-order valence-electron chi connectivity index (χ0n) is 14.0. The third-order valence-corrected chi connectivity index (χ3v) is 2.24. The predicted molar refractivity (Wildman–Crippen MR) is 57.7 cm³/mol. The van der Waals surface area contributed by atoms with E-state index >= 15 is 0 Å². The van der Waals surface area contributed by atoms with Crippen LogP contribution in [0, 0.1) is 0 Å². The molecule has 0 aliphatic carbocycles. The average molecular weight is 359 g/mol. The maximum Gasteiger partial charge on any atom is 1.00 e.